The maximum absolute atomic E-state index is 12.9. The fraction of sp³-hybridized carbons (Fsp3) is 0.611. The Kier molecular flexibility index (Phi) is 4.58. The number of anilines is 1. The van der Waals surface area contributed by atoms with Gasteiger partial charge in [-0.15, -0.1) is 0 Å². The fourth-order valence-electron chi connectivity index (χ4n) is 3.80. The normalized spacial score (nSPS) is 21.2. The molecule has 2 fully saturated rings. The minimum Gasteiger partial charge on any atom is -0.493 e. The Labute approximate surface area is 143 Å². The van der Waals surface area contributed by atoms with Gasteiger partial charge in [-0.05, 0) is 37.8 Å². The molecule has 1 heterocycles. The van der Waals surface area contributed by atoms with Gasteiger partial charge in [0, 0.05) is 25.1 Å². The van der Waals surface area contributed by atoms with Crippen molar-refractivity contribution in [3.8, 4) is 17.2 Å². The van der Waals surface area contributed by atoms with Crippen LogP contribution in [0.3, 0.4) is 0 Å². The van der Waals surface area contributed by atoms with Gasteiger partial charge in [-0.25, -0.2) is 0 Å². The average Bonchev–Trinajstić information content (AvgIpc) is 3.32. The van der Waals surface area contributed by atoms with E-state index in [1.165, 1.54) is 0 Å². The predicted octanol–water partition coefficient (Wildman–Crippen LogP) is 2.06. The Bertz CT molecular complexity index is 600. The van der Waals surface area contributed by atoms with Gasteiger partial charge in [0.25, 0.3) is 0 Å². The number of hydrogen-bond donors (Lipinski definition) is 1. The van der Waals surface area contributed by atoms with Crippen molar-refractivity contribution in [1.82, 2.24) is 5.32 Å². The smallest absolute Gasteiger partial charge is 0.230 e. The topological polar surface area (TPSA) is 60.0 Å². The molecule has 3 rings (SSSR count). The molecule has 6 nitrogen and oxygen atoms in total. The van der Waals surface area contributed by atoms with Gasteiger partial charge in [0.2, 0.25) is 11.7 Å². The van der Waals surface area contributed by atoms with Crippen molar-refractivity contribution in [1.29, 1.82) is 0 Å². The van der Waals surface area contributed by atoms with Gasteiger partial charge in [-0.1, -0.05) is 0 Å². The van der Waals surface area contributed by atoms with Crippen LogP contribution in [0, 0.1) is 11.3 Å². The average molecular weight is 334 g/mol. The van der Waals surface area contributed by atoms with Crippen LogP contribution in [0.5, 0.6) is 17.2 Å². The molecule has 132 valence electrons. The van der Waals surface area contributed by atoms with E-state index in [0.29, 0.717) is 17.2 Å². The summed E-state index contributed by atoms with van der Waals surface area (Å²) in [5.74, 6) is 1.94. The lowest BCUT2D eigenvalue weighted by Crippen LogP contribution is -2.34. The Morgan fingerprint density at radius 1 is 1.12 bits per heavy atom. The van der Waals surface area contributed by atoms with Crippen LogP contribution in [0.1, 0.15) is 19.3 Å². The molecule has 1 unspecified atom stereocenters. The van der Waals surface area contributed by atoms with Crippen molar-refractivity contribution in [2.75, 3.05) is 46.4 Å². The third-order valence-corrected chi connectivity index (χ3v) is 5.45. The van der Waals surface area contributed by atoms with Crippen LogP contribution < -0.4 is 24.4 Å². The van der Waals surface area contributed by atoms with Gasteiger partial charge in [-0.3, -0.25) is 4.79 Å². The second-order valence-corrected chi connectivity index (χ2v) is 6.65. The van der Waals surface area contributed by atoms with E-state index < -0.39 is 0 Å². The Balaban J connectivity index is 1.82. The van der Waals surface area contributed by atoms with E-state index in [1.807, 2.05) is 19.2 Å². The highest BCUT2D eigenvalue weighted by molar-refractivity contribution is 5.97. The molecule has 1 spiro atoms. The molecular formula is C18H26N2O4. The number of amides is 1. The van der Waals surface area contributed by atoms with Gasteiger partial charge in [0.15, 0.2) is 11.5 Å². The Hall–Kier alpha value is -1.95. The van der Waals surface area contributed by atoms with Crippen LogP contribution in [-0.2, 0) is 4.79 Å². The van der Waals surface area contributed by atoms with Gasteiger partial charge < -0.3 is 24.4 Å². The standard InChI is InChI=1S/C18H26N2O4/c1-20(17(21)13-11-18(13)5-7-19-8-6-18)12-9-14(22-2)16(24-4)15(10-12)23-3/h9-10,13,19H,5-8,11H2,1-4H3. The van der Waals surface area contributed by atoms with E-state index in [0.717, 1.165) is 38.0 Å². The number of hydrogen-bond acceptors (Lipinski definition) is 5. The lowest BCUT2D eigenvalue weighted by molar-refractivity contribution is -0.120. The molecule has 2 aliphatic rings. The van der Waals surface area contributed by atoms with E-state index in [9.17, 15) is 4.79 Å². The van der Waals surface area contributed by atoms with Crippen molar-refractivity contribution in [3.05, 3.63) is 12.1 Å². The number of benzene rings is 1. The van der Waals surface area contributed by atoms with Crippen molar-refractivity contribution < 1.29 is 19.0 Å². The number of nitrogens with zero attached hydrogens (tertiary/aromatic N) is 1. The van der Waals surface area contributed by atoms with Crippen molar-refractivity contribution >= 4 is 11.6 Å². The third kappa shape index (κ3) is 2.79. The highest BCUT2D eigenvalue weighted by Gasteiger charge is 2.58. The number of methoxy groups -OCH3 is 3. The zero-order valence-corrected chi connectivity index (χ0v) is 14.8. The molecular weight excluding hydrogens is 308 g/mol. The first-order valence-electron chi connectivity index (χ1n) is 8.34. The number of carbonyl (C=O) groups is 1. The summed E-state index contributed by atoms with van der Waals surface area (Å²) in [7, 11) is 6.54. The van der Waals surface area contributed by atoms with E-state index in [4.69, 9.17) is 14.2 Å². The molecule has 1 saturated carbocycles. The third-order valence-electron chi connectivity index (χ3n) is 5.45. The quantitative estimate of drug-likeness (QED) is 0.893. The number of rotatable bonds is 5. The fourth-order valence-corrected chi connectivity index (χ4v) is 3.80. The summed E-state index contributed by atoms with van der Waals surface area (Å²) >= 11 is 0. The first kappa shape index (κ1) is 16.9. The molecule has 1 aromatic rings. The molecule has 1 amide bonds. The molecule has 1 aromatic carbocycles. The second kappa shape index (κ2) is 6.51. The van der Waals surface area contributed by atoms with Crippen LogP contribution in [0.15, 0.2) is 12.1 Å². The van der Waals surface area contributed by atoms with Gasteiger partial charge >= 0.3 is 0 Å². The number of nitrogens with one attached hydrogen (secondary N) is 1. The van der Waals surface area contributed by atoms with E-state index in [1.54, 1.807) is 26.2 Å². The van der Waals surface area contributed by atoms with Crippen molar-refractivity contribution in [2.24, 2.45) is 11.3 Å². The van der Waals surface area contributed by atoms with E-state index >= 15 is 0 Å². The van der Waals surface area contributed by atoms with E-state index in [2.05, 4.69) is 5.32 Å². The summed E-state index contributed by atoms with van der Waals surface area (Å²) in [6.07, 6.45) is 3.18. The minimum absolute atomic E-state index is 0.128. The second-order valence-electron chi connectivity index (χ2n) is 6.65. The summed E-state index contributed by atoms with van der Waals surface area (Å²) < 4.78 is 16.1. The Morgan fingerprint density at radius 2 is 1.71 bits per heavy atom. The van der Waals surface area contributed by atoms with Crippen LogP contribution >= 0.6 is 0 Å². The summed E-state index contributed by atoms with van der Waals surface area (Å²) in [6.45, 7) is 2.02. The van der Waals surface area contributed by atoms with Gasteiger partial charge in [0.1, 0.15) is 0 Å². The molecule has 6 heteroatoms. The minimum atomic E-state index is 0.128. The number of ether oxygens (including phenoxy) is 3. The molecule has 0 aromatic heterocycles. The zero-order chi connectivity index (χ0) is 17.3. The summed E-state index contributed by atoms with van der Waals surface area (Å²) in [5, 5.41) is 3.37. The molecule has 1 aliphatic carbocycles. The molecule has 1 aliphatic heterocycles. The summed E-state index contributed by atoms with van der Waals surface area (Å²) in [5.41, 5.74) is 0.975. The molecule has 0 radical (unpaired) electrons. The van der Waals surface area contributed by atoms with Crippen molar-refractivity contribution in [2.45, 2.75) is 19.3 Å². The SMILES string of the molecule is COc1cc(N(C)C(=O)C2CC23CCNCC3)cc(OC)c1OC. The first-order chi connectivity index (χ1) is 11.6. The molecule has 0 bridgehead atoms. The Morgan fingerprint density at radius 3 is 2.21 bits per heavy atom. The zero-order valence-electron chi connectivity index (χ0n) is 14.8. The largest absolute Gasteiger partial charge is 0.493 e. The maximum atomic E-state index is 12.9. The predicted molar refractivity (Wildman–Crippen MR) is 92.2 cm³/mol. The first-order valence-corrected chi connectivity index (χ1v) is 8.34. The van der Waals surface area contributed by atoms with Crippen LogP contribution in [0.25, 0.3) is 0 Å². The monoisotopic (exact) mass is 334 g/mol. The van der Waals surface area contributed by atoms with Gasteiger partial charge in [-0.2, -0.15) is 0 Å². The highest BCUT2D eigenvalue weighted by Crippen LogP contribution is 2.59. The molecule has 1 saturated heterocycles. The molecule has 1 atom stereocenters. The van der Waals surface area contributed by atoms with E-state index in [-0.39, 0.29) is 17.2 Å². The number of carbonyl (C=O) groups excluding carboxylic acids is 1. The summed E-state index contributed by atoms with van der Waals surface area (Å²) in [6, 6.07) is 3.63. The molecule has 1 N–H and O–H groups in total. The van der Waals surface area contributed by atoms with Crippen LogP contribution in [0.4, 0.5) is 5.69 Å². The highest BCUT2D eigenvalue weighted by atomic mass is 16.5. The van der Waals surface area contributed by atoms with Crippen LogP contribution in [-0.4, -0.2) is 47.4 Å². The van der Waals surface area contributed by atoms with Crippen LogP contribution in [0.2, 0.25) is 0 Å². The number of piperidine rings is 1. The lowest BCUT2D eigenvalue weighted by atomic mass is 9.91. The lowest BCUT2D eigenvalue weighted by Gasteiger charge is -2.25. The maximum Gasteiger partial charge on any atom is 0.230 e. The van der Waals surface area contributed by atoms with Gasteiger partial charge in [0.05, 0.1) is 27.0 Å². The molecule has 24 heavy (non-hydrogen) atoms. The summed E-state index contributed by atoms with van der Waals surface area (Å²) in [4.78, 5) is 14.6. The van der Waals surface area contributed by atoms with Crippen molar-refractivity contribution in [3.63, 3.8) is 0 Å².